The van der Waals surface area contributed by atoms with Crippen molar-refractivity contribution in [3.05, 3.63) is 29.3 Å². The Kier molecular flexibility index (Phi) is 3.13. The predicted octanol–water partition coefficient (Wildman–Crippen LogP) is 1.83. The molecule has 0 bridgehead atoms. The van der Waals surface area contributed by atoms with E-state index in [9.17, 15) is 9.59 Å². The summed E-state index contributed by atoms with van der Waals surface area (Å²) in [5, 5.41) is 2.89. The summed E-state index contributed by atoms with van der Waals surface area (Å²) in [5.74, 6) is -0.221. The van der Waals surface area contributed by atoms with Gasteiger partial charge in [-0.3, -0.25) is 9.59 Å². The van der Waals surface area contributed by atoms with Gasteiger partial charge in [0.1, 0.15) is 0 Å². The maximum absolute atomic E-state index is 11.8. The second-order valence-electron chi connectivity index (χ2n) is 4.51. The van der Waals surface area contributed by atoms with Gasteiger partial charge in [-0.2, -0.15) is 0 Å². The molecule has 3 N–H and O–H groups in total. The smallest absolute Gasteiger partial charge is 0.248 e. The van der Waals surface area contributed by atoms with Crippen LogP contribution >= 0.6 is 0 Å². The van der Waals surface area contributed by atoms with E-state index in [1.54, 1.807) is 18.2 Å². The first-order chi connectivity index (χ1) is 8.08. The predicted molar refractivity (Wildman–Crippen MR) is 65.7 cm³/mol. The number of nitrogens with two attached hydrogens (primary N) is 1. The Morgan fingerprint density at radius 2 is 2.06 bits per heavy atom. The molecular formula is C13H16N2O2. The topological polar surface area (TPSA) is 72.2 Å². The van der Waals surface area contributed by atoms with Crippen LogP contribution in [0.1, 0.15) is 35.2 Å². The third kappa shape index (κ3) is 2.46. The summed E-state index contributed by atoms with van der Waals surface area (Å²) in [6.07, 6.45) is 3.09. The average molecular weight is 232 g/mol. The molecule has 17 heavy (non-hydrogen) atoms. The highest BCUT2D eigenvalue weighted by Gasteiger charge is 2.25. The van der Waals surface area contributed by atoms with E-state index < -0.39 is 5.91 Å². The summed E-state index contributed by atoms with van der Waals surface area (Å²) in [7, 11) is 0. The molecule has 0 radical (unpaired) electrons. The van der Waals surface area contributed by atoms with Crippen molar-refractivity contribution >= 4 is 17.5 Å². The third-order valence-corrected chi connectivity index (χ3v) is 3.24. The van der Waals surface area contributed by atoms with Crippen LogP contribution in [0.15, 0.2) is 18.2 Å². The molecule has 0 aliphatic heterocycles. The molecule has 2 amide bonds. The molecule has 2 rings (SSSR count). The fourth-order valence-electron chi connectivity index (χ4n) is 1.86. The van der Waals surface area contributed by atoms with E-state index in [2.05, 4.69) is 5.32 Å². The van der Waals surface area contributed by atoms with Gasteiger partial charge in [0.15, 0.2) is 0 Å². The van der Waals surface area contributed by atoms with Crippen LogP contribution in [0, 0.1) is 12.8 Å². The number of aryl methyl sites for hydroxylation is 1. The zero-order chi connectivity index (χ0) is 12.4. The van der Waals surface area contributed by atoms with E-state index in [0.717, 1.165) is 30.5 Å². The molecule has 1 aromatic rings. The quantitative estimate of drug-likeness (QED) is 0.834. The maximum Gasteiger partial charge on any atom is 0.248 e. The van der Waals surface area contributed by atoms with Gasteiger partial charge >= 0.3 is 0 Å². The zero-order valence-electron chi connectivity index (χ0n) is 9.82. The largest absolute Gasteiger partial charge is 0.366 e. The number of primary amides is 1. The van der Waals surface area contributed by atoms with Crippen molar-refractivity contribution in [3.63, 3.8) is 0 Å². The Labute approximate surface area is 100 Å². The van der Waals surface area contributed by atoms with Crippen LogP contribution in [0.5, 0.6) is 0 Å². The molecule has 4 nitrogen and oxygen atoms in total. The molecule has 4 heteroatoms. The molecule has 0 heterocycles. The van der Waals surface area contributed by atoms with Crippen molar-refractivity contribution in [2.75, 3.05) is 5.32 Å². The van der Waals surface area contributed by atoms with Crippen molar-refractivity contribution in [2.24, 2.45) is 11.7 Å². The minimum atomic E-state index is -0.454. The van der Waals surface area contributed by atoms with Crippen LogP contribution in [-0.4, -0.2) is 11.8 Å². The summed E-state index contributed by atoms with van der Waals surface area (Å²) in [6.45, 7) is 1.85. The fourth-order valence-corrected chi connectivity index (χ4v) is 1.86. The van der Waals surface area contributed by atoms with E-state index in [-0.39, 0.29) is 11.8 Å². The Morgan fingerprint density at radius 1 is 1.35 bits per heavy atom. The normalized spacial score (nSPS) is 15.1. The lowest BCUT2D eigenvalue weighted by Crippen LogP contribution is -2.28. The van der Waals surface area contributed by atoms with Gasteiger partial charge in [0.25, 0.3) is 0 Å². The number of anilines is 1. The molecule has 1 aliphatic rings. The molecule has 0 aromatic heterocycles. The average Bonchev–Trinajstić information content (AvgIpc) is 2.18. The van der Waals surface area contributed by atoms with Crippen molar-refractivity contribution in [1.29, 1.82) is 0 Å². The fraction of sp³-hybridized carbons (Fsp3) is 0.385. The standard InChI is InChI=1S/C13H16N2O2/c1-8-7-10(12(14)16)5-6-11(8)15-13(17)9-3-2-4-9/h5-7,9H,2-4H2,1H3,(H2,14,16)(H,15,17). The Bertz CT molecular complexity index is 464. The van der Waals surface area contributed by atoms with E-state index in [4.69, 9.17) is 5.73 Å². The van der Waals surface area contributed by atoms with Gasteiger partial charge in [-0.25, -0.2) is 0 Å². The summed E-state index contributed by atoms with van der Waals surface area (Å²) in [5.41, 5.74) is 7.26. The first-order valence-electron chi connectivity index (χ1n) is 5.79. The second kappa shape index (κ2) is 4.57. The molecule has 0 saturated heterocycles. The SMILES string of the molecule is Cc1cc(C(N)=O)ccc1NC(=O)C1CCC1. The lowest BCUT2D eigenvalue weighted by atomic mass is 9.85. The first-order valence-corrected chi connectivity index (χ1v) is 5.79. The van der Waals surface area contributed by atoms with Crippen LogP contribution in [0.25, 0.3) is 0 Å². The molecule has 1 saturated carbocycles. The number of amides is 2. The molecule has 90 valence electrons. The summed E-state index contributed by atoms with van der Waals surface area (Å²) < 4.78 is 0. The number of benzene rings is 1. The van der Waals surface area contributed by atoms with Gasteiger partial charge in [0, 0.05) is 17.2 Å². The van der Waals surface area contributed by atoms with Crippen molar-refractivity contribution in [1.82, 2.24) is 0 Å². The molecule has 1 fully saturated rings. The molecule has 1 aromatic carbocycles. The maximum atomic E-state index is 11.8. The van der Waals surface area contributed by atoms with E-state index in [1.165, 1.54) is 0 Å². The number of rotatable bonds is 3. The van der Waals surface area contributed by atoms with Gasteiger partial charge < -0.3 is 11.1 Å². The third-order valence-electron chi connectivity index (χ3n) is 3.24. The van der Waals surface area contributed by atoms with Crippen LogP contribution < -0.4 is 11.1 Å². The molecule has 0 unspecified atom stereocenters. The monoisotopic (exact) mass is 232 g/mol. The highest BCUT2D eigenvalue weighted by Crippen LogP contribution is 2.28. The molecule has 1 aliphatic carbocycles. The van der Waals surface area contributed by atoms with Crippen molar-refractivity contribution < 1.29 is 9.59 Å². The van der Waals surface area contributed by atoms with E-state index in [0.29, 0.717) is 5.56 Å². The van der Waals surface area contributed by atoms with Gasteiger partial charge in [0.05, 0.1) is 0 Å². The Hall–Kier alpha value is -1.84. The van der Waals surface area contributed by atoms with E-state index in [1.807, 2.05) is 6.92 Å². The van der Waals surface area contributed by atoms with E-state index >= 15 is 0 Å². The Balaban J connectivity index is 2.10. The zero-order valence-corrected chi connectivity index (χ0v) is 9.82. The van der Waals surface area contributed by atoms with Crippen molar-refractivity contribution in [3.8, 4) is 0 Å². The molecular weight excluding hydrogens is 216 g/mol. The number of hydrogen-bond donors (Lipinski definition) is 2. The highest BCUT2D eigenvalue weighted by molar-refractivity contribution is 5.96. The number of hydrogen-bond acceptors (Lipinski definition) is 2. The number of nitrogens with one attached hydrogen (secondary N) is 1. The van der Waals surface area contributed by atoms with Gasteiger partial charge in [-0.05, 0) is 43.5 Å². The lowest BCUT2D eigenvalue weighted by Gasteiger charge is -2.24. The lowest BCUT2D eigenvalue weighted by molar-refractivity contribution is -0.122. The van der Waals surface area contributed by atoms with Crippen LogP contribution in [-0.2, 0) is 4.79 Å². The van der Waals surface area contributed by atoms with Crippen LogP contribution in [0.4, 0.5) is 5.69 Å². The Morgan fingerprint density at radius 3 is 2.53 bits per heavy atom. The van der Waals surface area contributed by atoms with Gasteiger partial charge in [0.2, 0.25) is 11.8 Å². The first kappa shape index (κ1) is 11.6. The summed E-state index contributed by atoms with van der Waals surface area (Å²) in [4.78, 5) is 22.7. The molecule has 0 spiro atoms. The number of carbonyl (C=O) groups is 2. The summed E-state index contributed by atoms with van der Waals surface area (Å²) >= 11 is 0. The number of carbonyl (C=O) groups excluding carboxylic acids is 2. The highest BCUT2D eigenvalue weighted by atomic mass is 16.2. The minimum absolute atomic E-state index is 0.0752. The van der Waals surface area contributed by atoms with Crippen LogP contribution in [0.3, 0.4) is 0 Å². The van der Waals surface area contributed by atoms with Gasteiger partial charge in [-0.1, -0.05) is 6.42 Å². The molecule has 0 atom stereocenters. The van der Waals surface area contributed by atoms with Gasteiger partial charge in [-0.15, -0.1) is 0 Å². The minimum Gasteiger partial charge on any atom is -0.366 e. The van der Waals surface area contributed by atoms with Crippen molar-refractivity contribution in [2.45, 2.75) is 26.2 Å². The second-order valence-corrected chi connectivity index (χ2v) is 4.51. The van der Waals surface area contributed by atoms with Crippen LogP contribution in [0.2, 0.25) is 0 Å². The summed E-state index contributed by atoms with van der Waals surface area (Å²) in [6, 6.07) is 5.05.